The molecular weight excluding hydrogens is 352 g/mol. The number of fused-ring (bicyclic) bond motifs is 3. The number of furan rings is 2. The normalized spacial score (nSPS) is 26.3. The summed E-state index contributed by atoms with van der Waals surface area (Å²) in [6.45, 7) is 4.51. The fourth-order valence-corrected chi connectivity index (χ4v) is 4.65. The average Bonchev–Trinajstić information content (AvgIpc) is 3.43. The first kappa shape index (κ1) is 17.3. The molecule has 5 heteroatoms. The first-order chi connectivity index (χ1) is 13.7. The van der Waals surface area contributed by atoms with Gasteiger partial charge >= 0.3 is 0 Å². The number of benzene rings is 1. The number of nitrogens with one attached hydrogen (secondary N) is 1. The lowest BCUT2D eigenvalue weighted by atomic mass is 9.79. The highest BCUT2D eigenvalue weighted by Crippen LogP contribution is 2.33. The molecule has 144 valence electrons. The van der Waals surface area contributed by atoms with Crippen molar-refractivity contribution < 1.29 is 13.6 Å². The van der Waals surface area contributed by atoms with Crippen LogP contribution >= 0.6 is 0 Å². The van der Waals surface area contributed by atoms with Crippen molar-refractivity contribution >= 4 is 5.91 Å². The summed E-state index contributed by atoms with van der Waals surface area (Å²) in [6.07, 6.45) is 3.99. The highest BCUT2D eigenvalue weighted by atomic mass is 16.4. The number of hydrogen-bond donors (Lipinski definition) is 1. The minimum Gasteiger partial charge on any atom is -0.464 e. The van der Waals surface area contributed by atoms with Gasteiger partial charge in [0.05, 0.1) is 6.26 Å². The molecular formula is C23H24N2O3. The maximum absolute atomic E-state index is 12.8. The lowest BCUT2D eigenvalue weighted by Crippen LogP contribution is -2.62. The van der Waals surface area contributed by atoms with Gasteiger partial charge in [-0.2, -0.15) is 0 Å². The van der Waals surface area contributed by atoms with E-state index in [0.29, 0.717) is 23.5 Å². The van der Waals surface area contributed by atoms with Crippen molar-refractivity contribution in [1.82, 2.24) is 10.2 Å². The van der Waals surface area contributed by atoms with E-state index in [2.05, 4.69) is 17.1 Å². The van der Waals surface area contributed by atoms with E-state index in [9.17, 15) is 4.79 Å². The van der Waals surface area contributed by atoms with E-state index >= 15 is 0 Å². The Hall–Kier alpha value is -2.79. The molecule has 0 unspecified atom stereocenters. The van der Waals surface area contributed by atoms with Gasteiger partial charge in [-0.25, -0.2) is 0 Å². The Bertz CT molecular complexity index is 965. The monoisotopic (exact) mass is 376 g/mol. The summed E-state index contributed by atoms with van der Waals surface area (Å²) < 4.78 is 11.4. The number of piperidine rings is 3. The van der Waals surface area contributed by atoms with Gasteiger partial charge in [-0.15, -0.1) is 0 Å². The topological polar surface area (TPSA) is 58.6 Å². The highest BCUT2D eigenvalue weighted by Gasteiger charge is 2.40. The zero-order valence-corrected chi connectivity index (χ0v) is 15.9. The van der Waals surface area contributed by atoms with Gasteiger partial charge in [0.1, 0.15) is 11.5 Å². The summed E-state index contributed by atoms with van der Waals surface area (Å²) in [5, 5.41) is 3.23. The Balaban J connectivity index is 1.34. The molecule has 3 fully saturated rings. The number of nitrogens with zero attached hydrogens (tertiary/aromatic N) is 1. The predicted molar refractivity (Wildman–Crippen MR) is 107 cm³/mol. The van der Waals surface area contributed by atoms with E-state index in [1.165, 1.54) is 0 Å². The summed E-state index contributed by atoms with van der Waals surface area (Å²) in [6, 6.07) is 15.9. The Labute approximate surface area is 164 Å². The van der Waals surface area contributed by atoms with Gasteiger partial charge in [0, 0.05) is 23.2 Å². The first-order valence-electron chi connectivity index (χ1n) is 9.98. The van der Waals surface area contributed by atoms with Crippen molar-refractivity contribution in [2.24, 2.45) is 5.92 Å². The first-order valence-corrected chi connectivity index (χ1v) is 9.98. The van der Waals surface area contributed by atoms with Crippen molar-refractivity contribution in [2.45, 2.75) is 31.8 Å². The number of rotatable bonds is 4. The average molecular weight is 376 g/mol. The lowest BCUT2D eigenvalue weighted by Gasteiger charge is -2.49. The molecule has 5 nitrogen and oxygen atoms in total. The maximum Gasteiger partial charge on any atom is 0.287 e. The second kappa shape index (κ2) is 6.99. The maximum atomic E-state index is 12.8. The molecule has 1 aromatic carbocycles. The summed E-state index contributed by atoms with van der Waals surface area (Å²) in [5.74, 6) is 2.30. The van der Waals surface area contributed by atoms with E-state index in [1.54, 1.807) is 12.3 Å². The minimum absolute atomic E-state index is 0.126. The molecule has 3 aliphatic heterocycles. The van der Waals surface area contributed by atoms with Crippen LogP contribution in [-0.4, -0.2) is 36.0 Å². The molecule has 28 heavy (non-hydrogen) atoms. The fourth-order valence-electron chi connectivity index (χ4n) is 4.65. The molecule has 0 spiro atoms. The Kier molecular flexibility index (Phi) is 4.32. The van der Waals surface area contributed by atoms with Crippen LogP contribution in [0.1, 0.15) is 30.3 Å². The van der Waals surface area contributed by atoms with Gasteiger partial charge in [-0.3, -0.25) is 9.69 Å². The van der Waals surface area contributed by atoms with Crippen LogP contribution in [0.15, 0.2) is 63.6 Å². The van der Waals surface area contributed by atoms with E-state index in [1.807, 2.05) is 42.5 Å². The molecule has 3 aromatic rings. The van der Waals surface area contributed by atoms with Crippen molar-refractivity contribution in [2.75, 3.05) is 13.1 Å². The molecule has 2 bridgehead atoms. The van der Waals surface area contributed by atoms with Crippen LogP contribution in [0.4, 0.5) is 0 Å². The molecule has 3 saturated heterocycles. The number of hydrogen-bond acceptors (Lipinski definition) is 4. The predicted octanol–water partition coefficient (Wildman–Crippen LogP) is 4.42. The van der Waals surface area contributed by atoms with Crippen LogP contribution in [0.25, 0.3) is 22.6 Å². The van der Waals surface area contributed by atoms with Gasteiger partial charge in [0.25, 0.3) is 5.91 Å². The smallest absolute Gasteiger partial charge is 0.287 e. The van der Waals surface area contributed by atoms with E-state index in [4.69, 9.17) is 8.83 Å². The highest BCUT2D eigenvalue weighted by molar-refractivity contribution is 5.92. The van der Waals surface area contributed by atoms with Crippen LogP contribution in [0.5, 0.6) is 0 Å². The van der Waals surface area contributed by atoms with E-state index in [-0.39, 0.29) is 11.9 Å². The fraction of sp³-hybridized carbons (Fsp3) is 0.348. The van der Waals surface area contributed by atoms with Gasteiger partial charge in [-0.05, 0) is 69.1 Å². The standard InChI is InChI=1S/C23H24N2O3/c1-15-22(16-9-11-25(15)12-10-16)24-23(26)21-8-7-20(28-21)18-5-2-4-17(14-18)19-6-3-13-27-19/h2-8,13-16,22H,9-12H2,1H3,(H,24,26)/t15-,22+/m1/s1. The van der Waals surface area contributed by atoms with Crippen LogP contribution in [0, 0.1) is 5.92 Å². The summed E-state index contributed by atoms with van der Waals surface area (Å²) in [4.78, 5) is 15.3. The Morgan fingerprint density at radius 3 is 2.54 bits per heavy atom. The summed E-state index contributed by atoms with van der Waals surface area (Å²) in [5.41, 5.74) is 1.90. The molecule has 2 atom stereocenters. The van der Waals surface area contributed by atoms with Crippen molar-refractivity contribution in [1.29, 1.82) is 0 Å². The van der Waals surface area contributed by atoms with E-state index in [0.717, 1.165) is 42.8 Å². The van der Waals surface area contributed by atoms with Crippen molar-refractivity contribution in [3.05, 3.63) is 60.6 Å². The van der Waals surface area contributed by atoms with Crippen molar-refractivity contribution in [3.8, 4) is 22.6 Å². The van der Waals surface area contributed by atoms with Gasteiger partial charge < -0.3 is 14.2 Å². The second-order valence-corrected chi connectivity index (χ2v) is 7.84. The van der Waals surface area contributed by atoms with Gasteiger partial charge in [0.2, 0.25) is 0 Å². The second-order valence-electron chi connectivity index (χ2n) is 7.84. The minimum atomic E-state index is -0.126. The molecule has 1 N–H and O–H groups in total. The molecule has 2 aromatic heterocycles. The third-order valence-electron chi connectivity index (χ3n) is 6.26. The third-order valence-corrected chi connectivity index (χ3v) is 6.26. The van der Waals surface area contributed by atoms with Crippen LogP contribution in [0.3, 0.4) is 0 Å². The summed E-state index contributed by atoms with van der Waals surface area (Å²) >= 11 is 0. The van der Waals surface area contributed by atoms with Crippen molar-refractivity contribution in [3.63, 3.8) is 0 Å². The van der Waals surface area contributed by atoms with Crippen LogP contribution < -0.4 is 5.32 Å². The molecule has 5 heterocycles. The molecule has 6 rings (SSSR count). The molecule has 0 radical (unpaired) electrons. The quantitative estimate of drug-likeness (QED) is 0.732. The van der Waals surface area contributed by atoms with Crippen LogP contribution in [-0.2, 0) is 0 Å². The Morgan fingerprint density at radius 1 is 1.04 bits per heavy atom. The molecule has 1 amide bonds. The molecule has 3 aliphatic rings. The SMILES string of the molecule is C[C@@H]1[C@H](NC(=O)c2ccc(-c3cccc(-c4ccco4)c3)o2)C2CCN1CC2. The van der Waals surface area contributed by atoms with Crippen LogP contribution in [0.2, 0.25) is 0 Å². The number of carbonyl (C=O) groups is 1. The van der Waals surface area contributed by atoms with E-state index < -0.39 is 0 Å². The third kappa shape index (κ3) is 3.06. The van der Waals surface area contributed by atoms with Gasteiger partial charge in [-0.1, -0.05) is 18.2 Å². The largest absolute Gasteiger partial charge is 0.464 e. The molecule has 0 saturated carbocycles. The number of amides is 1. The number of carbonyl (C=O) groups excluding carboxylic acids is 1. The zero-order valence-electron chi connectivity index (χ0n) is 15.9. The Morgan fingerprint density at radius 2 is 1.82 bits per heavy atom. The van der Waals surface area contributed by atoms with Gasteiger partial charge in [0.15, 0.2) is 5.76 Å². The lowest BCUT2D eigenvalue weighted by molar-refractivity contribution is 0.0211. The zero-order chi connectivity index (χ0) is 19.1. The molecule has 0 aliphatic carbocycles. The summed E-state index contributed by atoms with van der Waals surface area (Å²) in [7, 11) is 0.